The highest BCUT2D eigenvalue weighted by atomic mass is 79.9. The molecular weight excluding hydrogens is 346 g/mol. The first-order valence-electron chi connectivity index (χ1n) is 7.26. The zero-order chi connectivity index (χ0) is 15.4. The lowest BCUT2D eigenvalue weighted by atomic mass is 9.97. The Kier molecular flexibility index (Phi) is 5.86. The molecule has 2 aromatic rings. The lowest BCUT2D eigenvalue weighted by molar-refractivity contribution is 0.547. The third kappa shape index (κ3) is 4.09. The van der Waals surface area contributed by atoms with E-state index >= 15 is 0 Å². The molecule has 2 aromatic carbocycles. The summed E-state index contributed by atoms with van der Waals surface area (Å²) in [7, 11) is 0. The number of likely N-dealkylation sites (N-methyl/N-ethyl adjacent to an activating group) is 1. The quantitative estimate of drug-likeness (QED) is 0.725. The molecule has 0 aromatic heterocycles. The van der Waals surface area contributed by atoms with Crippen molar-refractivity contribution in [1.29, 1.82) is 0 Å². The van der Waals surface area contributed by atoms with Gasteiger partial charge in [-0.3, -0.25) is 0 Å². The normalized spacial score (nSPS) is 12.4. The summed E-state index contributed by atoms with van der Waals surface area (Å²) in [5.41, 5.74) is 4.92. The minimum Gasteiger partial charge on any atom is -0.310 e. The van der Waals surface area contributed by atoms with Crippen LogP contribution in [0.4, 0.5) is 0 Å². The maximum absolute atomic E-state index is 6.39. The molecular formula is C18H21BrClN. The molecule has 21 heavy (non-hydrogen) atoms. The lowest BCUT2D eigenvalue weighted by Gasteiger charge is -2.21. The van der Waals surface area contributed by atoms with E-state index in [0.717, 1.165) is 18.0 Å². The Hall–Kier alpha value is -0.830. The maximum atomic E-state index is 6.39. The first-order valence-corrected chi connectivity index (χ1v) is 8.43. The lowest BCUT2D eigenvalue weighted by Crippen LogP contribution is -2.23. The van der Waals surface area contributed by atoms with Crippen LogP contribution in [-0.4, -0.2) is 6.54 Å². The van der Waals surface area contributed by atoms with E-state index in [-0.39, 0.29) is 6.04 Å². The minimum absolute atomic E-state index is 0.254. The molecule has 0 fully saturated rings. The van der Waals surface area contributed by atoms with Crippen LogP contribution >= 0.6 is 27.5 Å². The molecule has 3 heteroatoms. The van der Waals surface area contributed by atoms with Crippen molar-refractivity contribution in [2.75, 3.05) is 6.54 Å². The van der Waals surface area contributed by atoms with Gasteiger partial charge in [0.05, 0.1) is 0 Å². The van der Waals surface area contributed by atoms with Crippen molar-refractivity contribution in [2.45, 2.75) is 33.2 Å². The molecule has 0 heterocycles. The fourth-order valence-corrected chi connectivity index (χ4v) is 3.37. The summed E-state index contributed by atoms with van der Waals surface area (Å²) in [5, 5.41) is 4.42. The van der Waals surface area contributed by atoms with Gasteiger partial charge in [-0.15, -0.1) is 0 Å². The highest BCUT2D eigenvalue weighted by Crippen LogP contribution is 2.30. The Labute approximate surface area is 140 Å². The second-order valence-electron chi connectivity index (χ2n) is 5.39. The summed E-state index contributed by atoms with van der Waals surface area (Å²) < 4.78 is 1.18. The average Bonchev–Trinajstić information content (AvgIpc) is 2.44. The van der Waals surface area contributed by atoms with Crippen LogP contribution < -0.4 is 5.32 Å². The summed E-state index contributed by atoms with van der Waals surface area (Å²) in [6.45, 7) is 7.24. The second kappa shape index (κ2) is 7.44. The molecule has 0 saturated carbocycles. The molecule has 0 amide bonds. The molecule has 1 N–H and O–H groups in total. The number of hydrogen-bond donors (Lipinski definition) is 1. The minimum atomic E-state index is 0.254. The first-order chi connectivity index (χ1) is 10.0. The molecule has 1 unspecified atom stereocenters. The predicted octanol–water partition coefficient (Wildman–Crippen LogP) is 5.61. The van der Waals surface area contributed by atoms with Gasteiger partial charge < -0.3 is 5.32 Å². The van der Waals surface area contributed by atoms with Crippen LogP contribution in [0.15, 0.2) is 40.9 Å². The Bertz CT molecular complexity index is 625. The van der Waals surface area contributed by atoms with Gasteiger partial charge >= 0.3 is 0 Å². The van der Waals surface area contributed by atoms with E-state index < -0.39 is 0 Å². The average molecular weight is 367 g/mol. The fourth-order valence-electron chi connectivity index (χ4n) is 2.52. The van der Waals surface area contributed by atoms with Crippen LogP contribution in [-0.2, 0) is 6.42 Å². The zero-order valence-electron chi connectivity index (χ0n) is 12.7. The van der Waals surface area contributed by atoms with Crippen molar-refractivity contribution in [1.82, 2.24) is 5.32 Å². The van der Waals surface area contributed by atoms with Gasteiger partial charge in [0.1, 0.15) is 0 Å². The summed E-state index contributed by atoms with van der Waals surface area (Å²) in [6.07, 6.45) is 0.884. The van der Waals surface area contributed by atoms with E-state index in [4.69, 9.17) is 11.6 Å². The zero-order valence-corrected chi connectivity index (χ0v) is 15.1. The molecule has 0 radical (unpaired) electrons. The predicted molar refractivity (Wildman–Crippen MR) is 95.2 cm³/mol. The summed E-state index contributed by atoms with van der Waals surface area (Å²) >= 11 is 10.1. The molecule has 0 spiro atoms. The molecule has 0 saturated heterocycles. The highest BCUT2D eigenvalue weighted by Gasteiger charge is 2.16. The van der Waals surface area contributed by atoms with Gasteiger partial charge in [-0.1, -0.05) is 64.8 Å². The van der Waals surface area contributed by atoms with E-state index in [2.05, 4.69) is 72.3 Å². The molecule has 2 rings (SSSR count). The number of nitrogens with one attached hydrogen (secondary N) is 1. The maximum Gasteiger partial charge on any atom is 0.0441 e. The summed E-state index contributed by atoms with van der Waals surface area (Å²) in [5.74, 6) is 0. The fraction of sp³-hybridized carbons (Fsp3) is 0.333. The van der Waals surface area contributed by atoms with Gasteiger partial charge in [0.2, 0.25) is 0 Å². The van der Waals surface area contributed by atoms with Crippen LogP contribution in [0.25, 0.3) is 0 Å². The molecule has 1 atom stereocenters. The molecule has 112 valence electrons. The van der Waals surface area contributed by atoms with Crippen molar-refractivity contribution in [3.63, 3.8) is 0 Å². The van der Waals surface area contributed by atoms with Crippen LogP contribution in [0.5, 0.6) is 0 Å². The number of aryl methyl sites for hydroxylation is 2. The van der Waals surface area contributed by atoms with Crippen LogP contribution in [0.2, 0.25) is 5.02 Å². The van der Waals surface area contributed by atoms with Crippen molar-refractivity contribution in [3.05, 3.63) is 68.1 Å². The Balaban J connectivity index is 2.33. The third-order valence-corrected chi connectivity index (χ3v) is 5.12. The van der Waals surface area contributed by atoms with Crippen LogP contribution in [0.3, 0.4) is 0 Å². The van der Waals surface area contributed by atoms with E-state index in [1.807, 2.05) is 6.07 Å². The van der Waals surface area contributed by atoms with Gasteiger partial charge in [-0.2, -0.15) is 0 Å². The number of hydrogen-bond acceptors (Lipinski definition) is 1. The monoisotopic (exact) mass is 365 g/mol. The number of benzene rings is 2. The summed E-state index contributed by atoms with van der Waals surface area (Å²) in [4.78, 5) is 0. The van der Waals surface area contributed by atoms with Crippen molar-refractivity contribution < 1.29 is 0 Å². The molecule has 0 aliphatic carbocycles. The first kappa shape index (κ1) is 16.5. The Morgan fingerprint density at radius 2 is 1.95 bits per heavy atom. The standard InChI is InChI=1S/C18H21BrClN/c1-4-21-17(15-7-5-6-13(3)18(15)19)11-14-9-8-12(2)10-16(14)20/h5-10,17,21H,4,11H2,1-3H3. The Morgan fingerprint density at radius 3 is 2.62 bits per heavy atom. The van der Waals surface area contributed by atoms with Gasteiger partial charge in [0.15, 0.2) is 0 Å². The second-order valence-corrected chi connectivity index (χ2v) is 6.59. The molecule has 1 nitrogen and oxygen atoms in total. The largest absolute Gasteiger partial charge is 0.310 e. The van der Waals surface area contributed by atoms with E-state index in [1.54, 1.807) is 0 Å². The van der Waals surface area contributed by atoms with E-state index in [9.17, 15) is 0 Å². The van der Waals surface area contributed by atoms with Gasteiger partial charge in [-0.05, 0) is 55.1 Å². The van der Waals surface area contributed by atoms with Gasteiger partial charge in [-0.25, -0.2) is 0 Å². The molecule has 0 bridgehead atoms. The number of rotatable bonds is 5. The van der Waals surface area contributed by atoms with Crippen LogP contribution in [0, 0.1) is 13.8 Å². The van der Waals surface area contributed by atoms with Crippen LogP contribution in [0.1, 0.15) is 35.2 Å². The van der Waals surface area contributed by atoms with Crippen molar-refractivity contribution in [2.24, 2.45) is 0 Å². The smallest absolute Gasteiger partial charge is 0.0441 e. The van der Waals surface area contributed by atoms with E-state index in [1.165, 1.54) is 26.7 Å². The van der Waals surface area contributed by atoms with Crippen molar-refractivity contribution >= 4 is 27.5 Å². The topological polar surface area (TPSA) is 12.0 Å². The van der Waals surface area contributed by atoms with E-state index in [0.29, 0.717) is 0 Å². The summed E-state index contributed by atoms with van der Waals surface area (Å²) in [6, 6.07) is 12.9. The van der Waals surface area contributed by atoms with Gasteiger partial charge in [0, 0.05) is 15.5 Å². The highest BCUT2D eigenvalue weighted by molar-refractivity contribution is 9.10. The van der Waals surface area contributed by atoms with Gasteiger partial charge in [0.25, 0.3) is 0 Å². The molecule has 0 aliphatic heterocycles. The Morgan fingerprint density at radius 1 is 1.19 bits per heavy atom. The number of halogens is 2. The molecule has 0 aliphatic rings. The third-order valence-electron chi connectivity index (χ3n) is 3.68. The van der Waals surface area contributed by atoms with Crippen molar-refractivity contribution in [3.8, 4) is 0 Å². The SMILES string of the molecule is CCNC(Cc1ccc(C)cc1Cl)c1cccc(C)c1Br.